The van der Waals surface area contributed by atoms with Crippen molar-refractivity contribution >= 4 is 0 Å². The summed E-state index contributed by atoms with van der Waals surface area (Å²) < 4.78 is 11.5. The smallest absolute Gasteiger partial charge is 0.0935 e. The van der Waals surface area contributed by atoms with Gasteiger partial charge in [0.05, 0.1) is 25.9 Å². The van der Waals surface area contributed by atoms with Crippen molar-refractivity contribution in [2.45, 2.75) is 43.7 Å². The minimum atomic E-state index is -0.0706. The van der Waals surface area contributed by atoms with Crippen molar-refractivity contribution in [3.05, 3.63) is 0 Å². The number of likely N-dealkylation sites (N-methyl/N-ethyl adjacent to an activating group) is 1. The van der Waals surface area contributed by atoms with Crippen molar-refractivity contribution < 1.29 is 9.47 Å². The molecule has 2 N–H and O–H groups in total. The molecule has 1 saturated carbocycles. The maximum Gasteiger partial charge on any atom is 0.0935 e. The molecule has 1 atom stereocenters. The van der Waals surface area contributed by atoms with Crippen LogP contribution in [-0.2, 0) is 9.47 Å². The van der Waals surface area contributed by atoms with E-state index in [1.54, 1.807) is 0 Å². The van der Waals surface area contributed by atoms with Crippen molar-refractivity contribution in [2.24, 2.45) is 5.73 Å². The Labute approximate surface area is 104 Å². The van der Waals surface area contributed by atoms with E-state index in [2.05, 4.69) is 11.9 Å². The summed E-state index contributed by atoms with van der Waals surface area (Å²) in [5.74, 6) is 0. The molecular weight excluding hydrogens is 216 g/mol. The monoisotopic (exact) mass is 242 g/mol. The van der Waals surface area contributed by atoms with Crippen LogP contribution in [0.15, 0.2) is 0 Å². The molecule has 1 aliphatic carbocycles. The summed E-state index contributed by atoms with van der Waals surface area (Å²) in [5, 5.41) is 0. The fraction of sp³-hybridized carbons (Fsp3) is 1.00. The standard InChI is InChI=1S/C13H26N2O2/c1-15-7-8-17-12(9-15)10-16-11-13(14)5-3-2-4-6-13/h12H,2-11,14H2,1H3. The fourth-order valence-corrected chi connectivity index (χ4v) is 2.76. The summed E-state index contributed by atoms with van der Waals surface area (Å²) >= 11 is 0. The van der Waals surface area contributed by atoms with E-state index in [4.69, 9.17) is 15.2 Å². The molecule has 2 fully saturated rings. The van der Waals surface area contributed by atoms with E-state index in [1.807, 2.05) is 0 Å². The van der Waals surface area contributed by atoms with Gasteiger partial charge in [0.15, 0.2) is 0 Å². The normalized spacial score (nSPS) is 30.4. The second-order valence-corrected chi connectivity index (χ2v) is 5.69. The second kappa shape index (κ2) is 6.14. The lowest BCUT2D eigenvalue weighted by Gasteiger charge is -2.34. The number of nitrogens with two attached hydrogens (primary N) is 1. The number of morpholine rings is 1. The van der Waals surface area contributed by atoms with Crippen molar-refractivity contribution in [2.75, 3.05) is 40.0 Å². The van der Waals surface area contributed by atoms with E-state index < -0.39 is 0 Å². The Balaban J connectivity index is 1.64. The van der Waals surface area contributed by atoms with Crippen molar-refractivity contribution in [3.8, 4) is 0 Å². The van der Waals surface area contributed by atoms with Crippen LogP contribution in [-0.4, -0.2) is 56.5 Å². The molecule has 0 bridgehead atoms. The van der Waals surface area contributed by atoms with Crippen LogP contribution in [0.5, 0.6) is 0 Å². The van der Waals surface area contributed by atoms with Gasteiger partial charge in [-0.3, -0.25) is 0 Å². The second-order valence-electron chi connectivity index (χ2n) is 5.69. The van der Waals surface area contributed by atoms with Crippen molar-refractivity contribution in [1.82, 2.24) is 4.90 Å². The maximum atomic E-state index is 6.33. The van der Waals surface area contributed by atoms with Gasteiger partial charge in [0.25, 0.3) is 0 Å². The van der Waals surface area contributed by atoms with Crippen LogP contribution in [0.2, 0.25) is 0 Å². The molecule has 100 valence electrons. The van der Waals surface area contributed by atoms with Crippen LogP contribution in [0.3, 0.4) is 0 Å². The van der Waals surface area contributed by atoms with Gasteiger partial charge in [0, 0.05) is 18.6 Å². The van der Waals surface area contributed by atoms with Crippen molar-refractivity contribution in [3.63, 3.8) is 0 Å². The number of hydrogen-bond acceptors (Lipinski definition) is 4. The Morgan fingerprint density at radius 1 is 1.35 bits per heavy atom. The zero-order valence-electron chi connectivity index (χ0n) is 11.0. The highest BCUT2D eigenvalue weighted by Crippen LogP contribution is 2.26. The largest absolute Gasteiger partial charge is 0.377 e. The predicted octanol–water partition coefficient (Wildman–Crippen LogP) is 0.995. The summed E-state index contributed by atoms with van der Waals surface area (Å²) in [6.45, 7) is 4.19. The van der Waals surface area contributed by atoms with Gasteiger partial charge in [0.1, 0.15) is 0 Å². The summed E-state index contributed by atoms with van der Waals surface area (Å²) in [7, 11) is 2.13. The van der Waals surface area contributed by atoms with E-state index in [0.29, 0.717) is 13.2 Å². The Morgan fingerprint density at radius 3 is 2.82 bits per heavy atom. The average Bonchev–Trinajstić information content (AvgIpc) is 2.30. The first-order valence-corrected chi connectivity index (χ1v) is 6.85. The zero-order chi connectivity index (χ0) is 12.1. The van der Waals surface area contributed by atoms with Crippen LogP contribution >= 0.6 is 0 Å². The van der Waals surface area contributed by atoms with Crippen LogP contribution in [0.25, 0.3) is 0 Å². The third kappa shape index (κ3) is 4.21. The van der Waals surface area contributed by atoms with E-state index in [9.17, 15) is 0 Å². The van der Waals surface area contributed by atoms with Gasteiger partial charge in [-0.25, -0.2) is 0 Å². The Kier molecular flexibility index (Phi) is 4.79. The highest BCUT2D eigenvalue weighted by Gasteiger charge is 2.28. The molecular formula is C13H26N2O2. The van der Waals surface area contributed by atoms with Crippen LogP contribution in [0.1, 0.15) is 32.1 Å². The molecule has 2 aliphatic rings. The third-order valence-electron chi connectivity index (χ3n) is 3.88. The van der Waals surface area contributed by atoms with Gasteiger partial charge in [-0.1, -0.05) is 19.3 Å². The summed E-state index contributed by atoms with van der Waals surface area (Å²) in [5.41, 5.74) is 6.26. The first-order valence-electron chi connectivity index (χ1n) is 6.85. The highest BCUT2D eigenvalue weighted by molar-refractivity contribution is 4.87. The molecule has 0 radical (unpaired) electrons. The van der Waals surface area contributed by atoms with Gasteiger partial charge >= 0.3 is 0 Å². The molecule has 1 saturated heterocycles. The molecule has 1 heterocycles. The maximum absolute atomic E-state index is 6.33. The van der Waals surface area contributed by atoms with Crippen LogP contribution in [0.4, 0.5) is 0 Å². The molecule has 17 heavy (non-hydrogen) atoms. The Hall–Kier alpha value is -0.160. The van der Waals surface area contributed by atoms with E-state index in [-0.39, 0.29) is 11.6 Å². The third-order valence-corrected chi connectivity index (χ3v) is 3.88. The Morgan fingerprint density at radius 2 is 2.12 bits per heavy atom. The highest BCUT2D eigenvalue weighted by atomic mass is 16.5. The number of nitrogens with zero attached hydrogens (tertiary/aromatic N) is 1. The van der Waals surface area contributed by atoms with Gasteiger partial charge in [0.2, 0.25) is 0 Å². The topological polar surface area (TPSA) is 47.7 Å². The lowest BCUT2D eigenvalue weighted by atomic mass is 9.83. The first kappa shape index (κ1) is 13.3. The molecule has 0 spiro atoms. The minimum absolute atomic E-state index is 0.0706. The summed E-state index contributed by atoms with van der Waals surface area (Å²) in [4.78, 5) is 2.29. The van der Waals surface area contributed by atoms with E-state index >= 15 is 0 Å². The average molecular weight is 242 g/mol. The summed E-state index contributed by atoms with van der Waals surface area (Å²) in [6, 6.07) is 0. The SMILES string of the molecule is CN1CCOC(COCC2(N)CCCCC2)C1. The first-order chi connectivity index (χ1) is 8.18. The minimum Gasteiger partial charge on any atom is -0.377 e. The molecule has 2 rings (SSSR count). The molecule has 0 aromatic carbocycles. The quantitative estimate of drug-likeness (QED) is 0.799. The number of ether oxygens (including phenoxy) is 2. The molecule has 0 aromatic rings. The number of hydrogen-bond donors (Lipinski definition) is 1. The molecule has 4 heteroatoms. The van der Waals surface area contributed by atoms with Gasteiger partial charge in [-0.05, 0) is 19.9 Å². The fourth-order valence-electron chi connectivity index (χ4n) is 2.76. The Bertz CT molecular complexity index is 229. The molecule has 4 nitrogen and oxygen atoms in total. The molecule has 1 aliphatic heterocycles. The lowest BCUT2D eigenvalue weighted by Crippen LogP contribution is -2.48. The van der Waals surface area contributed by atoms with Crippen LogP contribution in [0, 0.1) is 0 Å². The van der Waals surface area contributed by atoms with E-state index in [0.717, 1.165) is 32.5 Å². The number of rotatable bonds is 4. The zero-order valence-corrected chi connectivity index (χ0v) is 11.0. The van der Waals surface area contributed by atoms with Gasteiger partial charge in [-0.2, -0.15) is 0 Å². The molecule has 1 unspecified atom stereocenters. The molecule has 0 amide bonds. The lowest BCUT2D eigenvalue weighted by molar-refractivity contribution is -0.0712. The van der Waals surface area contributed by atoms with E-state index in [1.165, 1.54) is 19.3 Å². The molecule has 0 aromatic heterocycles. The van der Waals surface area contributed by atoms with Crippen LogP contribution < -0.4 is 5.73 Å². The van der Waals surface area contributed by atoms with Gasteiger partial charge in [-0.15, -0.1) is 0 Å². The summed E-state index contributed by atoms with van der Waals surface area (Å²) in [6.07, 6.45) is 6.28. The predicted molar refractivity (Wildman–Crippen MR) is 68.1 cm³/mol. The van der Waals surface area contributed by atoms with Gasteiger partial charge < -0.3 is 20.1 Å². The van der Waals surface area contributed by atoms with Crippen molar-refractivity contribution in [1.29, 1.82) is 0 Å².